The van der Waals surface area contributed by atoms with Crippen molar-refractivity contribution in [3.63, 3.8) is 0 Å². The number of nitrogens with zero attached hydrogens (tertiary/aromatic N) is 1. The fraction of sp³-hybridized carbons (Fsp3) is 0.750. The molecule has 0 spiro atoms. The summed E-state index contributed by atoms with van der Waals surface area (Å²) in [4.78, 5) is 23.7. The summed E-state index contributed by atoms with van der Waals surface area (Å²) in [6.07, 6.45) is 4.48. The summed E-state index contributed by atoms with van der Waals surface area (Å²) in [7, 11) is 0. The Morgan fingerprint density at radius 3 is 2.42 bits per heavy atom. The molecule has 12 heavy (non-hydrogen) atoms. The largest absolute Gasteiger partial charge is 0.324 e. The lowest BCUT2D eigenvalue weighted by molar-refractivity contribution is -0.118. The number of carbonyl (C=O) groups is 2. The summed E-state index contributed by atoms with van der Waals surface area (Å²) in [5.74, 6) is -0.160. The van der Waals surface area contributed by atoms with Gasteiger partial charge in [0.25, 0.3) is 0 Å². The zero-order valence-corrected chi connectivity index (χ0v) is 6.88. The van der Waals surface area contributed by atoms with Crippen molar-refractivity contribution in [2.75, 3.05) is 6.54 Å². The minimum atomic E-state index is -0.202. The molecule has 3 amide bonds. The van der Waals surface area contributed by atoms with Gasteiger partial charge in [-0.3, -0.25) is 10.1 Å². The van der Waals surface area contributed by atoms with Gasteiger partial charge in [-0.05, 0) is 12.8 Å². The van der Waals surface area contributed by atoms with Crippen molar-refractivity contribution in [3.05, 3.63) is 0 Å². The first-order chi connectivity index (χ1) is 5.77. The highest BCUT2D eigenvalue weighted by Gasteiger charge is 2.33. The third kappa shape index (κ3) is 1.17. The van der Waals surface area contributed by atoms with Crippen molar-refractivity contribution in [2.24, 2.45) is 0 Å². The minimum absolute atomic E-state index is 0.160. The van der Waals surface area contributed by atoms with E-state index in [9.17, 15) is 9.59 Å². The Morgan fingerprint density at radius 2 is 1.92 bits per heavy atom. The molecule has 1 aliphatic heterocycles. The van der Waals surface area contributed by atoms with Gasteiger partial charge >= 0.3 is 6.03 Å². The quantitative estimate of drug-likeness (QED) is 0.579. The highest BCUT2D eigenvalue weighted by atomic mass is 16.2. The Morgan fingerprint density at radius 1 is 1.25 bits per heavy atom. The molecule has 0 unspecified atom stereocenters. The summed E-state index contributed by atoms with van der Waals surface area (Å²) >= 11 is 0. The first kappa shape index (κ1) is 7.58. The molecule has 0 aromatic rings. The summed E-state index contributed by atoms with van der Waals surface area (Å²) in [5.41, 5.74) is 0. The van der Waals surface area contributed by atoms with Gasteiger partial charge in [-0.2, -0.15) is 0 Å². The van der Waals surface area contributed by atoms with Crippen LogP contribution >= 0.6 is 0 Å². The lowest BCUT2D eigenvalue weighted by atomic mass is 10.2. The lowest BCUT2D eigenvalue weighted by Gasteiger charge is -2.20. The number of hydrogen-bond donors (Lipinski definition) is 1. The van der Waals surface area contributed by atoms with Gasteiger partial charge in [0, 0.05) is 6.04 Å². The zero-order valence-electron chi connectivity index (χ0n) is 6.88. The molecule has 1 aliphatic carbocycles. The first-order valence-corrected chi connectivity index (χ1v) is 4.38. The molecular weight excluding hydrogens is 156 g/mol. The van der Waals surface area contributed by atoms with E-state index in [0.29, 0.717) is 6.04 Å². The topological polar surface area (TPSA) is 49.4 Å². The monoisotopic (exact) mass is 168 g/mol. The fourth-order valence-corrected chi connectivity index (χ4v) is 1.97. The van der Waals surface area contributed by atoms with E-state index < -0.39 is 0 Å². The maximum Gasteiger partial charge on any atom is 0.324 e. The van der Waals surface area contributed by atoms with Crippen molar-refractivity contribution in [1.29, 1.82) is 0 Å². The zero-order chi connectivity index (χ0) is 8.55. The van der Waals surface area contributed by atoms with E-state index >= 15 is 0 Å². The number of carbonyl (C=O) groups excluding carboxylic acids is 2. The van der Waals surface area contributed by atoms with Gasteiger partial charge < -0.3 is 4.90 Å². The number of rotatable bonds is 1. The van der Waals surface area contributed by atoms with Crippen LogP contribution in [0.1, 0.15) is 25.7 Å². The smallest absolute Gasteiger partial charge is 0.312 e. The molecule has 1 N–H and O–H groups in total. The molecule has 2 rings (SSSR count). The van der Waals surface area contributed by atoms with Crippen LogP contribution in [0.5, 0.6) is 0 Å². The highest BCUT2D eigenvalue weighted by Crippen LogP contribution is 2.24. The van der Waals surface area contributed by atoms with Crippen LogP contribution in [-0.4, -0.2) is 29.4 Å². The van der Waals surface area contributed by atoms with E-state index in [1.807, 2.05) is 0 Å². The van der Waals surface area contributed by atoms with Crippen LogP contribution in [0.2, 0.25) is 0 Å². The second-order valence-corrected chi connectivity index (χ2v) is 3.42. The summed E-state index contributed by atoms with van der Waals surface area (Å²) in [6.45, 7) is 0.267. The predicted molar refractivity (Wildman–Crippen MR) is 42.5 cm³/mol. The molecular formula is C8H12N2O2. The summed E-state index contributed by atoms with van der Waals surface area (Å²) in [5, 5.41) is 2.29. The van der Waals surface area contributed by atoms with E-state index in [4.69, 9.17) is 0 Å². The third-order valence-corrected chi connectivity index (χ3v) is 2.59. The molecule has 0 radical (unpaired) electrons. The van der Waals surface area contributed by atoms with E-state index in [2.05, 4.69) is 5.32 Å². The number of imide groups is 1. The maximum atomic E-state index is 11.2. The van der Waals surface area contributed by atoms with Crippen LogP contribution in [0.3, 0.4) is 0 Å². The van der Waals surface area contributed by atoms with Crippen molar-refractivity contribution in [3.8, 4) is 0 Å². The Bertz CT molecular complexity index is 221. The van der Waals surface area contributed by atoms with Crippen molar-refractivity contribution in [2.45, 2.75) is 31.7 Å². The molecule has 4 heteroatoms. The van der Waals surface area contributed by atoms with Crippen LogP contribution in [0.15, 0.2) is 0 Å². The van der Waals surface area contributed by atoms with E-state index in [1.165, 1.54) is 12.8 Å². The number of urea groups is 1. The van der Waals surface area contributed by atoms with Crippen LogP contribution in [0.25, 0.3) is 0 Å². The van der Waals surface area contributed by atoms with E-state index in [-0.39, 0.29) is 18.5 Å². The molecule has 2 fully saturated rings. The fourth-order valence-electron chi connectivity index (χ4n) is 1.97. The maximum absolute atomic E-state index is 11.2. The van der Waals surface area contributed by atoms with Crippen molar-refractivity contribution >= 4 is 11.9 Å². The average Bonchev–Trinajstić information content (AvgIpc) is 2.58. The summed E-state index contributed by atoms with van der Waals surface area (Å²) < 4.78 is 0. The standard InChI is InChI=1S/C8H12N2O2/c11-7-5-10(8(12)9-7)6-3-1-2-4-6/h6H,1-5H2,(H,9,11,12). The Labute approximate surface area is 70.9 Å². The van der Waals surface area contributed by atoms with Crippen molar-refractivity contribution in [1.82, 2.24) is 10.2 Å². The molecule has 0 aromatic heterocycles. The Balaban J connectivity index is 2.03. The van der Waals surface area contributed by atoms with Gasteiger partial charge in [0.2, 0.25) is 5.91 Å². The van der Waals surface area contributed by atoms with Gasteiger partial charge in [0.05, 0.1) is 0 Å². The van der Waals surface area contributed by atoms with Crippen molar-refractivity contribution < 1.29 is 9.59 Å². The number of hydrogen-bond acceptors (Lipinski definition) is 2. The third-order valence-electron chi connectivity index (χ3n) is 2.59. The molecule has 1 saturated carbocycles. The molecule has 0 atom stereocenters. The molecule has 1 heterocycles. The predicted octanol–water partition coefficient (Wildman–Crippen LogP) is 0.481. The van der Waals surface area contributed by atoms with E-state index in [1.54, 1.807) is 4.90 Å². The molecule has 0 bridgehead atoms. The highest BCUT2D eigenvalue weighted by molar-refractivity contribution is 6.02. The SMILES string of the molecule is O=C1CN(C2CCCC2)C(=O)N1. The van der Waals surface area contributed by atoms with Crippen LogP contribution in [0, 0.1) is 0 Å². The molecule has 1 saturated heterocycles. The number of nitrogens with one attached hydrogen (secondary N) is 1. The first-order valence-electron chi connectivity index (χ1n) is 4.38. The van der Waals surface area contributed by atoms with Gasteiger partial charge in [-0.25, -0.2) is 4.79 Å². The van der Waals surface area contributed by atoms with Crippen LogP contribution < -0.4 is 5.32 Å². The second kappa shape index (κ2) is 2.77. The van der Waals surface area contributed by atoms with Gasteiger partial charge in [0.15, 0.2) is 0 Å². The van der Waals surface area contributed by atoms with Crippen LogP contribution in [-0.2, 0) is 4.79 Å². The second-order valence-electron chi connectivity index (χ2n) is 3.42. The molecule has 4 nitrogen and oxygen atoms in total. The molecule has 66 valence electrons. The van der Waals surface area contributed by atoms with Gasteiger partial charge in [-0.15, -0.1) is 0 Å². The Kier molecular flexibility index (Phi) is 1.75. The minimum Gasteiger partial charge on any atom is -0.312 e. The summed E-state index contributed by atoms with van der Waals surface area (Å²) in [6, 6.07) is 0.114. The Hall–Kier alpha value is -1.06. The van der Waals surface area contributed by atoms with Gasteiger partial charge in [-0.1, -0.05) is 12.8 Å². The van der Waals surface area contributed by atoms with Crippen LogP contribution in [0.4, 0.5) is 4.79 Å². The molecule has 2 aliphatic rings. The lowest BCUT2D eigenvalue weighted by Crippen LogP contribution is -2.36. The number of amides is 3. The van der Waals surface area contributed by atoms with Gasteiger partial charge in [0.1, 0.15) is 6.54 Å². The normalized spacial score (nSPS) is 25.2. The van der Waals surface area contributed by atoms with E-state index in [0.717, 1.165) is 12.8 Å². The average molecular weight is 168 g/mol. The molecule has 0 aromatic carbocycles.